The molecule has 0 unspecified atom stereocenters. The number of thiophene rings is 1. The average Bonchev–Trinajstić information content (AvgIpc) is 2.68. The van der Waals surface area contributed by atoms with Crippen molar-refractivity contribution in [2.45, 2.75) is 19.9 Å². The Morgan fingerprint density at radius 1 is 1.44 bits per heavy atom. The first-order valence-corrected chi connectivity index (χ1v) is 6.98. The van der Waals surface area contributed by atoms with Gasteiger partial charge in [-0.3, -0.25) is 4.79 Å². The summed E-state index contributed by atoms with van der Waals surface area (Å²) >= 11 is 4.82. The summed E-state index contributed by atoms with van der Waals surface area (Å²) in [5, 5.41) is 11.4. The van der Waals surface area contributed by atoms with Gasteiger partial charge in [-0.15, -0.1) is 11.3 Å². The molecule has 0 aliphatic carbocycles. The first-order valence-electron chi connectivity index (χ1n) is 5.37. The Balaban J connectivity index is 2.60. The Hall–Kier alpha value is -1.14. The summed E-state index contributed by atoms with van der Waals surface area (Å²) in [4.78, 5) is 23.4. The molecule has 1 aromatic rings. The van der Waals surface area contributed by atoms with Crippen LogP contribution in [0.2, 0.25) is 0 Å². The standard InChI is InChI=1S/C12H14BrNO3S/c1-7(2)11(12(16)17)14-10(15)6-4-8-3-5-9(13)18-8/h3-7,11H,1-2H3,(H,14,15)(H,16,17)/t11-/m1/s1. The first kappa shape index (κ1) is 14.9. The molecule has 18 heavy (non-hydrogen) atoms. The molecule has 0 saturated carbocycles. The number of halogens is 1. The predicted octanol–water partition coefficient (Wildman–Crippen LogP) is 2.75. The lowest BCUT2D eigenvalue weighted by atomic mass is 10.0. The van der Waals surface area contributed by atoms with Crippen LogP contribution >= 0.6 is 27.3 Å². The van der Waals surface area contributed by atoms with Gasteiger partial charge in [-0.25, -0.2) is 4.79 Å². The molecule has 0 saturated heterocycles. The van der Waals surface area contributed by atoms with E-state index in [-0.39, 0.29) is 5.92 Å². The molecule has 1 aromatic heterocycles. The van der Waals surface area contributed by atoms with Gasteiger partial charge in [-0.05, 0) is 40.1 Å². The minimum absolute atomic E-state index is 0.157. The van der Waals surface area contributed by atoms with Crippen molar-refractivity contribution in [3.8, 4) is 0 Å². The highest BCUT2D eigenvalue weighted by atomic mass is 79.9. The van der Waals surface area contributed by atoms with Gasteiger partial charge in [0.15, 0.2) is 0 Å². The number of amides is 1. The zero-order valence-electron chi connectivity index (χ0n) is 10.0. The third kappa shape index (κ3) is 4.62. The lowest BCUT2D eigenvalue weighted by Crippen LogP contribution is -2.43. The van der Waals surface area contributed by atoms with Crippen LogP contribution in [-0.2, 0) is 9.59 Å². The van der Waals surface area contributed by atoms with Gasteiger partial charge < -0.3 is 10.4 Å². The van der Waals surface area contributed by atoms with Crippen LogP contribution in [0.5, 0.6) is 0 Å². The summed E-state index contributed by atoms with van der Waals surface area (Å²) < 4.78 is 0.980. The van der Waals surface area contributed by atoms with E-state index in [9.17, 15) is 9.59 Å². The Kier molecular flexibility index (Phi) is 5.55. The van der Waals surface area contributed by atoms with Crippen LogP contribution < -0.4 is 5.32 Å². The number of hydrogen-bond acceptors (Lipinski definition) is 3. The van der Waals surface area contributed by atoms with Gasteiger partial charge in [-0.1, -0.05) is 13.8 Å². The fraction of sp³-hybridized carbons (Fsp3) is 0.333. The van der Waals surface area contributed by atoms with Gasteiger partial charge in [0, 0.05) is 11.0 Å². The Morgan fingerprint density at radius 3 is 2.56 bits per heavy atom. The molecule has 4 nitrogen and oxygen atoms in total. The Morgan fingerprint density at radius 2 is 2.11 bits per heavy atom. The van der Waals surface area contributed by atoms with Crippen molar-refractivity contribution in [2.24, 2.45) is 5.92 Å². The molecule has 1 rings (SSSR count). The summed E-state index contributed by atoms with van der Waals surface area (Å²) in [5.74, 6) is -1.58. The molecule has 1 amide bonds. The number of aliphatic carboxylic acids is 1. The van der Waals surface area contributed by atoms with Crippen LogP contribution in [0, 0.1) is 5.92 Å². The average molecular weight is 332 g/mol. The van der Waals surface area contributed by atoms with E-state index in [4.69, 9.17) is 5.11 Å². The zero-order valence-corrected chi connectivity index (χ0v) is 12.4. The predicted molar refractivity (Wildman–Crippen MR) is 75.5 cm³/mol. The highest BCUT2D eigenvalue weighted by Gasteiger charge is 2.22. The Labute approximate surface area is 118 Å². The van der Waals surface area contributed by atoms with Gasteiger partial charge in [0.1, 0.15) is 6.04 Å². The van der Waals surface area contributed by atoms with Gasteiger partial charge >= 0.3 is 5.97 Å². The minimum Gasteiger partial charge on any atom is -0.480 e. The molecule has 2 N–H and O–H groups in total. The van der Waals surface area contributed by atoms with Crippen LogP contribution in [0.4, 0.5) is 0 Å². The highest BCUT2D eigenvalue weighted by Crippen LogP contribution is 2.22. The van der Waals surface area contributed by atoms with E-state index >= 15 is 0 Å². The van der Waals surface area contributed by atoms with Crippen LogP contribution in [-0.4, -0.2) is 23.0 Å². The maximum Gasteiger partial charge on any atom is 0.326 e. The maximum absolute atomic E-state index is 11.6. The fourth-order valence-electron chi connectivity index (χ4n) is 1.29. The van der Waals surface area contributed by atoms with Gasteiger partial charge in [0.2, 0.25) is 5.91 Å². The largest absolute Gasteiger partial charge is 0.480 e. The molecule has 0 aromatic carbocycles. The molecule has 0 bridgehead atoms. The van der Waals surface area contributed by atoms with E-state index in [1.54, 1.807) is 19.9 Å². The van der Waals surface area contributed by atoms with Crippen LogP contribution in [0.3, 0.4) is 0 Å². The minimum atomic E-state index is -1.02. The highest BCUT2D eigenvalue weighted by molar-refractivity contribution is 9.11. The maximum atomic E-state index is 11.6. The van der Waals surface area contributed by atoms with E-state index in [1.807, 2.05) is 12.1 Å². The van der Waals surface area contributed by atoms with Crippen molar-refractivity contribution in [1.29, 1.82) is 0 Å². The monoisotopic (exact) mass is 331 g/mol. The quantitative estimate of drug-likeness (QED) is 0.815. The van der Waals surface area contributed by atoms with E-state index in [1.165, 1.54) is 17.4 Å². The van der Waals surface area contributed by atoms with E-state index in [0.717, 1.165) is 8.66 Å². The number of hydrogen-bond donors (Lipinski definition) is 2. The number of carboxylic acid groups (broad SMARTS) is 1. The number of carboxylic acids is 1. The molecule has 98 valence electrons. The topological polar surface area (TPSA) is 66.4 Å². The number of carbonyl (C=O) groups is 2. The molecule has 1 heterocycles. The van der Waals surface area contributed by atoms with Gasteiger partial charge in [0.25, 0.3) is 0 Å². The van der Waals surface area contributed by atoms with Crippen LogP contribution in [0.25, 0.3) is 6.08 Å². The lowest BCUT2D eigenvalue weighted by Gasteiger charge is -2.16. The third-order valence-corrected chi connectivity index (χ3v) is 3.81. The van der Waals surface area contributed by atoms with Crippen molar-refractivity contribution < 1.29 is 14.7 Å². The van der Waals surface area contributed by atoms with Gasteiger partial charge in [-0.2, -0.15) is 0 Å². The van der Waals surface area contributed by atoms with Crippen LogP contribution in [0.15, 0.2) is 22.0 Å². The molecule has 6 heteroatoms. The first-order chi connectivity index (χ1) is 8.40. The van der Waals surface area contributed by atoms with Crippen molar-refractivity contribution in [3.63, 3.8) is 0 Å². The Bertz CT molecular complexity index is 468. The van der Waals surface area contributed by atoms with Gasteiger partial charge in [0.05, 0.1) is 3.79 Å². The number of nitrogens with one attached hydrogen (secondary N) is 1. The second kappa shape index (κ2) is 6.70. The second-order valence-corrected chi connectivity index (χ2v) is 6.54. The SMILES string of the molecule is CC(C)[C@@H](NC(=O)C=Cc1ccc(Br)s1)C(=O)O. The molecule has 0 aliphatic heterocycles. The van der Waals surface area contributed by atoms with E-state index < -0.39 is 17.9 Å². The summed E-state index contributed by atoms with van der Waals surface area (Å²) in [6.07, 6.45) is 3.00. The number of carbonyl (C=O) groups excluding carboxylic acids is 1. The zero-order chi connectivity index (χ0) is 13.7. The summed E-state index contributed by atoms with van der Waals surface area (Å²) in [6, 6.07) is 2.89. The molecule has 1 atom stereocenters. The smallest absolute Gasteiger partial charge is 0.326 e. The fourth-order valence-corrected chi connectivity index (χ4v) is 2.62. The normalized spacial score (nSPS) is 12.9. The van der Waals surface area contributed by atoms with Crippen molar-refractivity contribution >= 4 is 45.2 Å². The second-order valence-electron chi connectivity index (χ2n) is 4.04. The van der Waals surface area contributed by atoms with E-state index in [0.29, 0.717) is 0 Å². The third-order valence-electron chi connectivity index (χ3n) is 2.22. The summed E-state index contributed by atoms with van der Waals surface area (Å²) in [5.41, 5.74) is 0. The molecule has 0 aliphatic rings. The van der Waals surface area contributed by atoms with Crippen LogP contribution in [0.1, 0.15) is 18.7 Å². The summed E-state index contributed by atoms with van der Waals surface area (Å²) in [7, 11) is 0. The molecular formula is C12H14BrNO3S. The van der Waals surface area contributed by atoms with Crippen molar-refractivity contribution in [2.75, 3.05) is 0 Å². The summed E-state index contributed by atoms with van der Waals surface area (Å²) in [6.45, 7) is 3.50. The van der Waals surface area contributed by atoms with Crippen molar-refractivity contribution in [3.05, 3.63) is 26.9 Å². The molecule has 0 radical (unpaired) electrons. The number of rotatable bonds is 5. The van der Waals surface area contributed by atoms with Crippen molar-refractivity contribution in [1.82, 2.24) is 5.32 Å². The molecule has 0 spiro atoms. The molecular weight excluding hydrogens is 318 g/mol. The van der Waals surface area contributed by atoms with E-state index in [2.05, 4.69) is 21.2 Å². The molecule has 0 fully saturated rings. The lowest BCUT2D eigenvalue weighted by molar-refractivity contribution is -0.142.